The van der Waals surface area contributed by atoms with Crippen LogP contribution in [0.5, 0.6) is 11.5 Å². The zero-order valence-corrected chi connectivity index (χ0v) is 28.5. The average molecular weight is 706 g/mol. The smallest absolute Gasteiger partial charge is 0.338 e. The minimum absolute atomic E-state index is 0.207. The van der Waals surface area contributed by atoms with Gasteiger partial charge in [0.1, 0.15) is 6.61 Å². The summed E-state index contributed by atoms with van der Waals surface area (Å²) in [6.45, 7) is 8.01. The van der Waals surface area contributed by atoms with Crippen LogP contribution < -0.4 is 24.4 Å². The zero-order valence-electron chi connectivity index (χ0n) is 26.1. The quantitative estimate of drug-likeness (QED) is 0.197. The van der Waals surface area contributed by atoms with E-state index < -0.39 is 12.0 Å². The number of aromatic nitrogens is 1. The van der Waals surface area contributed by atoms with Gasteiger partial charge in [-0.1, -0.05) is 53.3 Å². The first-order valence-electron chi connectivity index (χ1n) is 14.7. The third-order valence-corrected chi connectivity index (χ3v) is 8.88. The van der Waals surface area contributed by atoms with Crippen molar-refractivity contribution >= 4 is 45.3 Å². The number of thiazole rings is 1. The van der Waals surface area contributed by atoms with Crippen LogP contribution in [0.3, 0.4) is 0 Å². The lowest BCUT2D eigenvalue weighted by atomic mass is 9.95. The van der Waals surface area contributed by atoms with E-state index in [-0.39, 0.29) is 24.7 Å². The van der Waals surface area contributed by atoms with Gasteiger partial charge in [-0.25, -0.2) is 14.6 Å². The van der Waals surface area contributed by atoms with E-state index in [0.717, 1.165) is 16.7 Å². The lowest BCUT2D eigenvalue weighted by Gasteiger charge is -2.24. The van der Waals surface area contributed by atoms with Gasteiger partial charge in [-0.2, -0.15) is 0 Å². The molecule has 4 aromatic rings. The van der Waals surface area contributed by atoms with E-state index in [1.54, 1.807) is 68.9 Å². The number of rotatable bonds is 10. The van der Waals surface area contributed by atoms with Crippen molar-refractivity contribution in [1.82, 2.24) is 4.57 Å². The second-order valence-electron chi connectivity index (χ2n) is 10.5. The maximum atomic E-state index is 14.0. The highest BCUT2D eigenvalue weighted by Crippen LogP contribution is 2.37. The van der Waals surface area contributed by atoms with Crippen LogP contribution in [0.15, 0.2) is 86.2 Å². The van der Waals surface area contributed by atoms with E-state index in [0.29, 0.717) is 54.3 Å². The van der Waals surface area contributed by atoms with Crippen LogP contribution in [0.4, 0.5) is 0 Å². The molecule has 0 N–H and O–H groups in total. The number of methoxy groups -OCH3 is 1. The van der Waals surface area contributed by atoms with Gasteiger partial charge in [-0.05, 0) is 90.7 Å². The van der Waals surface area contributed by atoms with Gasteiger partial charge in [0, 0.05) is 0 Å². The van der Waals surface area contributed by atoms with Crippen LogP contribution in [-0.4, -0.2) is 36.8 Å². The van der Waals surface area contributed by atoms with E-state index in [4.69, 9.17) is 18.9 Å². The molecule has 0 amide bonds. The largest absolute Gasteiger partial charge is 0.493 e. The van der Waals surface area contributed by atoms with Gasteiger partial charge in [0.25, 0.3) is 5.56 Å². The molecule has 238 valence electrons. The second kappa shape index (κ2) is 14.3. The maximum Gasteiger partial charge on any atom is 0.338 e. The first-order chi connectivity index (χ1) is 22.1. The molecule has 0 bridgehead atoms. The highest BCUT2D eigenvalue weighted by atomic mass is 79.9. The summed E-state index contributed by atoms with van der Waals surface area (Å²) in [6, 6.07) is 17.7. The first-order valence-corrected chi connectivity index (χ1v) is 16.3. The van der Waals surface area contributed by atoms with Gasteiger partial charge in [0.05, 0.1) is 52.2 Å². The Balaban J connectivity index is 1.49. The molecule has 0 saturated heterocycles. The molecule has 5 rings (SSSR count). The SMILES string of the molecule is CCOC(=O)C1=C(C)N=c2s/c(=C\c3cc(Br)c(OCc4ccc(C(=O)OCC)cc4)c(OC)c3)c(=O)n2[C@@H]1c1ccc(C)cc1. The number of hydrogen-bond donors (Lipinski definition) is 0. The maximum absolute atomic E-state index is 14.0. The molecule has 0 unspecified atom stereocenters. The highest BCUT2D eigenvalue weighted by Gasteiger charge is 2.33. The number of halogens is 1. The Hall–Kier alpha value is -4.48. The Bertz CT molecular complexity index is 1990. The first kappa shape index (κ1) is 32.9. The van der Waals surface area contributed by atoms with E-state index in [2.05, 4.69) is 20.9 Å². The number of hydrogen-bond acceptors (Lipinski definition) is 9. The van der Waals surface area contributed by atoms with Crippen molar-refractivity contribution < 1.29 is 28.5 Å². The van der Waals surface area contributed by atoms with Crippen LogP contribution in [0.25, 0.3) is 6.08 Å². The standard InChI is InChI=1S/C35H33BrN2O7S/c1-6-43-33(40)25-14-10-22(11-15-25)19-45-31-26(36)16-23(17-27(31)42-5)18-28-32(39)38-30(24-12-8-20(3)9-13-24)29(34(41)44-7-2)21(4)37-35(38)46-28/h8-18,30H,6-7,19H2,1-5H3/b28-18-/t30-/m1/s1. The molecular weight excluding hydrogens is 672 g/mol. The number of esters is 2. The summed E-state index contributed by atoms with van der Waals surface area (Å²) in [7, 11) is 1.54. The number of ether oxygens (including phenoxy) is 4. The Labute approximate surface area is 278 Å². The van der Waals surface area contributed by atoms with E-state index in [1.165, 1.54) is 11.3 Å². The van der Waals surface area contributed by atoms with Gasteiger partial charge in [0.2, 0.25) is 0 Å². The zero-order chi connectivity index (χ0) is 33.0. The van der Waals surface area contributed by atoms with Crippen molar-refractivity contribution in [3.63, 3.8) is 0 Å². The van der Waals surface area contributed by atoms with Crippen molar-refractivity contribution in [2.24, 2.45) is 4.99 Å². The number of nitrogens with zero attached hydrogens (tertiary/aromatic N) is 2. The number of benzene rings is 3. The fourth-order valence-corrected chi connectivity index (χ4v) is 6.70. The van der Waals surface area contributed by atoms with Crippen LogP contribution in [0.2, 0.25) is 0 Å². The molecule has 0 fully saturated rings. The van der Waals surface area contributed by atoms with Crippen LogP contribution in [0, 0.1) is 6.92 Å². The predicted octanol–water partition coefficient (Wildman–Crippen LogP) is 5.63. The Morgan fingerprint density at radius 2 is 1.65 bits per heavy atom. The van der Waals surface area contributed by atoms with Gasteiger partial charge >= 0.3 is 11.9 Å². The Morgan fingerprint density at radius 1 is 0.978 bits per heavy atom. The molecule has 0 aliphatic carbocycles. The van der Waals surface area contributed by atoms with Crippen LogP contribution in [-0.2, 0) is 20.9 Å². The van der Waals surface area contributed by atoms with Gasteiger partial charge in [0.15, 0.2) is 16.3 Å². The lowest BCUT2D eigenvalue weighted by Crippen LogP contribution is -2.39. The summed E-state index contributed by atoms with van der Waals surface area (Å²) >= 11 is 4.85. The van der Waals surface area contributed by atoms with Gasteiger partial charge in [-0.15, -0.1) is 0 Å². The molecule has 9 nitrogen and oxygen atoms in total. The topological polar surface area (TPSA) is 105 Å². The number of allylic oxidation sites excluding steroid dienone is 1. The monoisotopic (exact) mass is 704 g/mol. The summed E-state index contributed by atoms with van der Waals surface area (Å²) in [4.78, 5) is 44.2. The molecule has 1 aliphatic heterocycles. The molecule has 1 atom stereocenters. The van der Waals surface area contributed by atoms with E-state index in [1.807, 2.05) is 37.3 Å². The van der Waals surface area contributed by atoms with Crippen molar-refractivity contribution in [3.8, 4) is 11.5 Å². The molecule has 1 aliphatic rings. The third-order valence-electron chi connectivity index (χ3n) is 7.31. The fourth-order valence-electron chi connectivity index (χ4n) is 5.08. The fraction of sp³-hybridized carbons (Fsp3) is 0.257. The van der Waals surface area contributed by atoms with Gasteiger partial charge in [-0.3, -0.25) is 9.36 Å². The summed E-state index contributed by atoms with van der Waals surface area (Å²) in [5.74, 6) is 0.0876. The average Bonchev–Trinajstić information content (AvgIpc) is 3.34. The van der Waals surface area contributed by atoms with E-state index in [9.17, 15) is 14.4 Å². The number of aryl methyl sites for hydroxylation is 1. The summed E-state index contributed by atoms with van der Waals surface area (Å²) in [5.41, 5.74) is 4.46. The Morgan fingerprint density at radius 3 is 2.30 bits per heavy atom. The number of fused-ring (bicyclic) bond motifs is 1. The van der Waals surface area contributed by atoms with E-state index >= 15 is 0 Å². The molecule has 0 spiro atoms. The molecule has 2 heterocycles. The summed E-state index contributed by atoms with van der Waals surface area (Å²) in [6.07, 6.45) is 1.77. The Kier molecular flexibility index (Phi) is 10.2. The summed E-state index contributed by atoms with van der Waals surface area (Å²) in [5, 5.41) is 0. The molecule has 3 aromatic carbocycles. The minimum atomic E-state index is -0.679. The molecule has 1 aromatic heterocycles. The van der Waals surface area contributed by atoms with Crippen molar-refractivity contribution in [2.45, 2.75) is 40.3 Å². The predicted molar refractivity (Wildman–Crippen MR) is 179 cm³/mol. The minimum Gasteiger partial charge on any atom is -0.493 e. The van der Waals surface area contributed by atoms with Crippen LogP contribution in [0.1, 0.15) is 59.4 Å². The number of carbonyl (C=O) groups excluding carboxylic acids is 2. The molecule has 46 heavy (non-hydrogen) atoms. The van der Waals surface area contributed by atoms with Gasteiger partial charge < -0.3 is 18.9 Å². The normalized spacial score (nSPS) is 14.4. The van der Waals surface area contributed by atoms with Crippen molar-refractivity contribution in [1.29, 1.82) is 0 Å². The summed E-state index contributed by atoms with van der Waals surface area (Å²) < 4.78 is 24.8. The third kappa shape index (κ3) is 6.85. The van der Waals surface area contributed by atoms with Crippen LogP contribution >= 0.6 is 27.3 Å². The van der Waals surface area contributed by atoms with Crippen molar-refractivity contribution in [2.75, 3.05) is 20.3 Å². The highest BCUT2D eigenvalue weighted by molar-refractivity contribution is 9.10. The molecule has 11 heteroatoms. The van der Waals surface area contributed by atoms with Crippen molar-refractivity contribution in [3.05, 3.63) is 124 Å². The molecular formula is C35H33BrN2O7S. The number of carbonyl (C=O) groups is 2. The second-order valence-corrected chi connectivity index (χ2v) is 12.3. The molecule has 0 saturated carbocycles. The lowest BCUT2D eigenvalue weighted by molar-refractivity contribution is -0.139. The molecule has 0 radical (unpaired) electrons.